The van der Waals surface area contributed by atoms with Gasteiger partial charge in [-0.05, 0) is 55.7 Å². The molecule has 0 aliphatic carbocycles. The first-order chi connectivity index (χ1) is 20.0. The van der Waals surface area contributed by atoms with Crippen LogP contribution in [0.1, 0.15) is 50.3 Å². The fourth-order valence-electron chi connectivity index (χ4n) is 5.05. The second kappa shape index (κ2) is 12.8. The van der Waals surface area contributed by atoms with Crippen molar-refractivity contribution in [1.82, 2.24) is 14.5 Å². The van der Waals surface area contributed by atoms with Gasteiger partial charge < -0.3 is 33.5 Å². The molecule has 0 spiro atoms. The Morgan fingerprint density at radius 3 is 2.59 bits per heavy atom. The van der Waals surface area contributed by atoms with Gasteiger partial charge >= 0.3 is 0 Å². The minimum absolute atomic E-state index is 0.0106. The van der Waals surface area contributed by atoms with Crippen LogP contribution in [0.2, 0.25) is 0 Å². The summed E-state index contributed by atoms with van der Waals surface area (Å²) in [6.07, 6.45) is 7.73. The maximum atomic E-state index is 13.5. The first kappa shape index (κ1) is 28.1. The van der Waals surface area contributed by atoms with Gasteiger partial charge in [0, 0.05) is 31.0 Å². The van der Waals surface area contributed by atoms with Gasteiger partial charge in [0.15, 0.2) is 23.0 Å². The number of aryl methyl sites for hydroxylation is 1. The summed E-state index contributed by atoms with van der Waals surface area (Å²) in [5.41, 5.74) is 1.01. The lowest BCUT2D eigenvalue weighted by atomic mass is 9.94. The van der Waals surface area contributed by atoms with Gasteiger partial charge in [-0.15, -0.1) is 0 Å². The quantitative estimate of drug-likeness (QED) is 0.146. The molecule has 0 radical (unpaired) electrons. The molecule has 1 unspecified atom stereocenters. The molecule has 1 amide bonds. The number of fused-ring (bicyclic) bond motifs is 1. The number of imidazole rings is 1. The molecule has 1 saturated heterocycles. The zero-order chi connectivity index (χ0) is 28.8. The number of aliphatic hydroxyl groups excluding tert-OH is 1. The monoisotopic (exact) mass is 561 g/mol. The summed E-state index contributed by atoms with van der Waals surface area (Å²) in [6.45, 7) is 6.66. The SMILES string of the molecule is CCCCOc1ccc(C2/C(=C(/O)c3ccc4c(c3)OCCO4)C(=O)C(=O)N2CCCn2ccnc2)cc1OCC. The number of unbranched alkanes of at least 4 members (excludes halogenated alkanes) is 1. The van der Waals surface area contributed by atoms with Crippen molar-refractivity contribution in [1.29, 1.82) is 0 Å². The molecule has 2 aliphatic heterocycles. The number of ketones is 1. The summed E-state index contributed by atoms with van der Waals surface area (Å²) in [5.74, 6) is 0.455. The summed E-state index contributed by atoms with van der Waals surface area (Å²) in [7, 11) is 0. The maximum absolute atomic E-state index is 13.5. The lowest BCUT2D eigenvalue weighted by Gasteiger charge is -2.26. The molecule has 3 aromatic rings. The number of amides is 1. The Balaban J connectivity index is 1.55. The lowest BCUT2D eigenvalue weighted by Crippen LogP contribution is -2.31. The number of hydrogen-bond acceptors (Lipinski definition) is 8. The zero-order valence-electron chi connectivity index (χ0n) is 23.4. The predicted octanol–water partition coefficient (Wildman–Crippen LogP) is 4.74. The molecular formula is C31H35N3O7. The van der Waals surface area contributed by atoms with E-state index in [-0.39, 0.29) is 11.3 Å². The maximum Gasteiger partial charge on any atom is 0.295 e. The molecule has 216 valence electrons. The van der Waals surface area contributed by atoms with Crippen LogP contribution < -0.4 is 18.9 Å². The summed E-state index contributed by atoms with van der Waals surface area (Å²) in [4.78, 5) is 32.5. The molecular weight excluding hydrogens is 526 g/mol. The Kier molecular flexibility index (Phi) is 8.76. The van der Waals surface area contributed by atoms with E-state index in [1.54, 1.807) is 42.9 Å². The van der Waals surface area contributed by atoms with Crippen LogP contribution in [0.25, 0.3) is 5.76 Å². The van der Waals surface area contributed by atoms with Crippen LogP contribution in [0.3, 0.4) is 0 Å². The van der Waals surface area contributed by atoms with Crippen molar-refractivity contribution in [2.45, 2.75) is 45.7 Å². The normalized spacial score (nSPS) is 17.6. The molecule has 5 rings (SSSR count). The number of carbonyl (C=O) groups excluding carboxylic acids is 2. The molecule has 1 fully saturated rings. The highest BCUT2D eigenvalue weighted by Crippen LogP contribution is 2.43. The minimum atomic E-state index is -0.824. The fraction of sp³-hybridized carbons (Fsp3) is 0.387. The number of Topliss-reactive ketones (excluding diaryl/α,β-unsaturated/α-hetero) is 1. The number of ether oxygens (including phenoxy) is 4. The van der Waals surface area contributed by atoms with E-state index in [0.717, 1.165) is 12.8 Å². The summed E-state index contributed by atoms with van der Waals surface area (Å²) < 4.78 is 25.0. The minimum Gasteiger partial charge on any atom is -0.507 e. The van der Waals surface area contributed by atoms with Crippen molar-refractivity contribution in [3.05, 3.63) is 71.8 Å². The van der Waals surface area contributed by atoms with Gasteiger partial charge in [0.25, 0.3) is 11.7 Å². The van der Waals surface area contributed by atoms with E-state index in [0.29, 0.717) is 80.1 Å². The molecule has 2 aromatic carbocycles. The van der Waals surface area contributed by atoms with E-state index in [4.69, 9.17) is 18.9 Å². The second-order valence-electron chi connectivity index (χ2n) is 9.85. The van der Waals surface area contributed by atoms with E-state index in [2.05, 4.69) is 11.9 Å². The first-order valence-corrected chi connectivity index (χ1v) is 14.1. The van der Waals surface area contributed by atoms with E-state index >= 15 is 0 Å². The topological polar surface area (TPSA) is 112 Å². The summed E-state index contributed by atoms with van der Waals surface area (Å²) in [5, 5.41) is 11.5. The van der Waals surface area contributed by atoms with Gasteiger partial charge in [-0.2, -0.15) is 0 Å². The largest absolute Gasteiger partial charge is 0.507 e. The Morgan fingerprint density at radius 2 is 1.83 bits per heavy atom. The Bertz CT molecular complexity index is 1420. The van der Waals surface area contributed by atoms with Gasteiger partial charge in [-0.25, -0.2) is 4.98 Å². The van der Waals surface area contributed by atoms with Gasteiger partial charge in [0.05, 0.1) is 31.2 Å². The van der Waals surface area contributed by atoms with Crippen LogP contribution in [0.5, 0.6) is 23.0 Å². The van der Waals surface area contributed by atoms with Crippen molar-refractivity contribution in [2.24, 2.45) is 0 Å². The predicted molar refractivity (Wildman–Crippen MR) is 151 cm³/mol. The van der Waals surface area contributed by atoms with Crippen LogP contribution >= 0.6 is 0 Å². The molecule has 10 heteroatoms. The average Bonchev–Trinajstić information content (AvgIpc) is 3.60. The Hall–Kier alpha value is -4.47. The molecule has 2 aliphatic rings. The van der Waals surface area contributed by atoms with E-state index < -0.39 is 17.7 Å². The van der Waals surface area contributed by atoms with Crippen molar-refractivity contribution < 1.29 is 33.6 Å². The van der Waals surface area contributed by atoms with E-state index in [1.165, 1.54) is 4.90 Å². The molecule has 41 heavy (non-hydrogen) atoms. The van der Waals surface area contributed by atoms with Gasteiger partial charge in [-0.3, -0.25) is 9.59 Å². The molecule has 10 nitrogen and oxygen atoms in total. The highest BCUT2D eigenvalue weighted by atomic mass is 16.6. The summed E-state index contributed by atoms with van der Waals surface area (Å²) in [6, 6.07) is 9.56. The highest BCUT2D eigenvalue weighted by Gasteiger charge is 2.46. The number of aromatic nitrogens is 2. The second-order valence-corrected chi connectivity index (χ2v) is 9.85. The van der Waals surface area contributed by atoms with Crippen LogP contribution in [0, 0.1) is 0 Å². The molecule has 1 N–H and O–H groups in total. The van der Waals surface area contributed by atoms with Gasteiger partial charge in [-0.1, -0.05) is 19.4 Å². The molecule has 0 saturated carbocycles. The average molecular weight is 562 g/mol. The fourth-order valence-corrected chi connectivity index (χ4v) is 5.05. The van der Waals surface area contributed by atoms with Gasteiger partial charge in [0.1, 0.15) is 19.0 Å². The van der Waals surface area contributed by atoms with Crippen LogP contribution in [-0.2, 0) is 16.1 Å². The van der Waals surface area contributed by atoms with E-state index in [9.17, 15) is 14.7 Å². The highest BCUT2D eigenvalue weighted by molar-refractivity contribution is 6.46. The van der Waals surface area contributed by atoms with Crippen molar-refractivity contribution in [3.8, 4) is 23.0 Å². The smallest absolute Gasteiger partial charge is 0.295 e. The third kappa shape index (κ3) is 6.01. The van der Waals surface area contributed by atoms with Crippen LogP contribution in [0.4, 0.5) is 0 Å². The van der Waals surface area contributed by atoms with E-state index in [1.807, 2.05) is 23.8 Å². The standard InChI is InChI=1S/C31H35N3O7/c1-3-5-15-39-23-9-7-21(18-25(23)38-4-2)28-27(29(35)22-8-10-24-26(19-22)41-17-16-40-24)30(36)31(37)34(28)13-6-12-33-14-11-32-20-33/h7-11,14,18-20,28,35H,3-6,12-13,15-17H2,1-2H3/b29-27-. The Labute approximate surface area is 239 Å². The third-order valence-corrected chi connectivity index (χ3v) is 7.07. The van der Waals surface area contributed by atoms with Crippen molar-refractivity contribution in [2.75, 3.05) is 33.0 Å². The molecule has 3 heterocycles. The summed E-state index contributed by atoms with van der Waals surface area (Å²) >= 11 is 0. The van der Waals surface area contributed by atoms with Crippen LogP contribution in [0.15, 0.2) is 60.7 Å². The number of carbonyl (C=O) groups is 2. The molecule has 0 bridgehead atoms. The number of hydrogen-bond donors (Lipinski definition) is 1. The number of likely N-dealkylation sites (tertiary alicyclic amines) is 1. The third-order valence-electron chi connectivity index (χ3n) is 7.07. The molecule has 1 aromatic heterocycles. The number of aliphatic hydroxyl groups is 1. The zero-order valence-corrected chi connectivity index (χ0v) is 23.4. The van der Waals surface area contributed by atoms with Crippen molar-refractivity contribution in [3.63, 3.8) is 0 Å². The first-order valence-electron chi connectivity index (χ1n) is 14.1. The van der Waals surface area contributed by atoms with Crippen LogP contribution in [-0.4, -0.2) is 64.2 Å². The number of nitrogens with zero attached hydrogens (tertiary/aromatic N) is 3. The molecule has 1 atom stereocenters. The van der Waals surface area contributed by atoms with Crippen molar-refractivity contribution >= 4 is 17.4 Å². The lowest BCUT2D eigenvalue weighted by molar-refractivity contribution is -0.139. The van der Waals surface area contributed by atoms with Gasteiger partial charge in [0.2, 0.25) is 0 Å². The number of rotatable bonds is 12. The number of benzene rings is 2. The Morgan fingerprint density at radius 1 is 1.00 bits per heavy atom.